The predicted molar refractivity (Wildman–Crippen MR) is 85.9 cm³/mol. The van der Waals surface area contributed by atoms with Crippen molar-refractivity contribution in [3.8, 4) is 0 Å². The first-order chi connectivity index (χ1) is 10.5. The van der Waals surface area contributed by atoms with Crippen LogP contribution in [-0.4, -0.2) is 21.4 Å². The molecule has 0 amide bonds. The Balaban J connectivity index is 2.12. The molecule has 1 aliphatic heterocycles. The Morgan fingerprint density at radius 1 is 1.27 bits per heavy atom. The molecule has 22 heavy (non-hydrogen) atoms. The maximum atomic E-state index is 12.9. The van der Waals surface area contributed by atoms with Gasteiger partial charge in [0.05, 0.1) is 16.5 Å². The van der Waals surface area contributed by atoms with E-state index in [1.807, 2.05) is 35.9 Å². The van der Waals surface area contributed by atoms with Crippen molar-refractivity contribution >= 4 is 23.1 Å². The Kier molecular flexibility index (Phi) is 3.91. The number of hydrogen-bond donors (Lipinski definition) is 1. The summed E-state index contributed by atoms with van der Waals surface area (Å²) >= 11 is 1.45. The first-order valence-electron chi connectivity index (χ1n) is 7.52. The number of carboxylic acid groups (broad SMARTS) is 1. The van der Waals surface area contributed by atoms with Crippen LogP contribution in [-0.2, 0) is 11.3 Å². The summed E-state index contributed by atoms with van der Waals surface area (Å²) < 4.78 is 1.95. The van der Waals surface area contributed by atoms with Crippen LogP contribution in [0.1, 0.15) is 57.4 Å². The van der Waals surface area contributed by atoms with Crippen LogP contribution in [0.2, 0.25) is 0 Å². The number of thiophene rings is 1. The summed E-state index contributed by atoms with van der Waals surface area (Å²) in [6.07, 6.45) is 2.43. The first kappa shape index (κ1) is 15.0. The van der Waals surface area contributed by atoms with Crippen molar-refractivity contribution < 1.29 is 14.7 Å². The lowest BCUT2D eigenvalue weighted by Gasteiger charge is -2.13. The summed E-state index contributed by atoms with van der Waals surface area (Å²) in [6, 6.07) is 3.83. The van der Waals surface area contributed by atoms with Crippen molar-refractivity contribution in [1.29, 1.82) is 0 Å². The van der Waals surface area contributed by atoms with Gasteiger partial charge in [-0.1, -0.05) is 6.42 Å². The summed E-state index contributed by atoms with van der Waals surface area (Å²) in [5.74, 6) is -1.29. The number of ketones is 1. The summed E-state index contributed by atoms with van der Waals surface area (Å²) in [7, 11) is 0. The molecule has 5 heteroatoms. The minimum atomic E-state index is -0.799. The number of nitrogens with zero attached hydrogens (tertiary/aromatic N) is 1. The predicted octanol–water partition coefficient (Wildman–Crippen LogP) is 3.75. The van der Waals surface area contributed by atoms with E-state index >= 15 is 0 Å². The highest BCUT2D eigenvalue weighted by Gasteiger charge is 2.30. The lowest BCUT2D eigenvalue weighted by atomic mass is 9.99. The minimum Gasteiger partial charge on any atom is -0.481 e. The molecule has 0 spiro atoms. The third-order valence-corrected chi connectivity index (χ3v) is 5.40. The zero-order chi connectivity index (χ0) is 15.9. The van der Waals surface area contributed by atoms with E-state index < -0.39 is 11.9 Å². The molecule has 1 aliphatic rings. The van der Waals surface area contributed by atoms with E-state index in [9.17, 15) is 14.7 Å². The molecule has 0 fully saturated rings. The van der Waals surface area contributed by atoms with Crippen molar-refractivity contribution in [2.24, 2.45) is 0 Å². The fourth-order valence-corrected chi connectivity index (χ4v) is 4.14. The van der Waals surface area contributed by atoms with E-state index in [-0.39, 0.29) is 5.78 Å². The standard InChI is InChI=1S/C17H19NO3S/c1-10-6-8-22-16(10)15(19)14-11(2)9-13-12(17(20)21)5-3-4-7-18(13)14/h6,8-9,12H,3-5,7H2,1-2H3,(H,20,21). The van der Waals surface area contributed by atoms with Crippen LogP contribution in [0.5, 0.6) is 0 Å². The number of hydrogen-bond acceptors (Lipinski definition) is 3. The number of fused-ring (bicyclic) bond motifs is 1. The third kappa shape index (κ3) is 2.39. The fourth-order valence-electron chi connectivity index (χ4n) is 3.27. The maximum Gasteiger partial charge on any atom is 0.312 e. The molecule has 2 aromatic heterocycles. The summed E-state index contributed by atoms with van der Waals surface area (Å²) in [6.45, 7) is 4.56. The smallest absolute Gasteiger partial charge is 0.312 e. The van der Waals surface area contributed by atoms with Crippen molar-refractivity contribution in [2.75, 3.05) is 0 Å². The fraction of sp³-hybridized carbons (Fsp3) is 0.412. The Morgan fingerprint density at radius 3 is 2.68 bits per heavy atom. The molecule has 3 rings (SSSR count). The van der Waals surface area contributed by atoms with Crippen LogP contribution in [0.15, 0.2) is 17.5 Å². The minimum absolute atomic E-state index is 0.0160. The van der Waals surface area contributed by atoms with Crippen LogP contribution >= 0.6 is 11.3 Å². The number of aromatic nitrogens is 1. The second-order valence-corrected chi connectivity index (χ2v) is 6.82. The monoisotopic (exact) mass is 317 g/mol. The maximum absolute atomic E-state index is 12.9. The van der Waals surface area contributed by atoms with Gasteiger partial charge in [-0.3, -0.25) is 9.59 Å². The van der Waals surface area contributed by atoms with Gasteiger partial charge in [0.1, 0.15) is 0 Å². The second-order valence-electron chi connectivity index (χ2n) is 5.90. The average Bonchev–Trinajstić information content (AvgIpc) is 2.95. The van der Waals surface area contributed by atoms with Gasteiger partial charge >= 0.3 is 5.97 Å². The van der Waals surface area contributed by atoms with E-state index in [1.54, 1.807) is 0 Å². The van der Waals surface area contributed by atoms with Crippen molar-refractivity contribution in [2.45, 2.75) is 45.6 Å². The Labute approximate surface area is 133 Å². The van der Waals surface area contributed by atoms with Gasteiger partial charge in [0, 0.05) is 12.2 Å². The van der Waals surface area contributed by atoms with Gasteiger partial charge in [-0.15, -0.1) is 11.3 Å². The highest BCUT2D eigenvalue weighted by Crippen LogP contribution is 2.33. The lowest BCUT2D eigenvalue weighted by molar-refractivity contribution is -0.139. The topological polar surface area (TPSA) is 59.3 Å². The van der Waals surface area contributed by atoms with Gasteiger partial charge in [0.15, 0.2) is 0 Å². The molecule has 1 unspecified atom stereocenters. The van der Waals surface area contributed by atoms with Gasteiger partial charge in [-0.2, -0.15) is 0 Å². The number of carbonyl (C=O) groups excluding carboxylic acids is 1. The van der Waals surface area contributed by atoms with Crippen LogP contribution in [0, 0.1) is 13.8 Å². The number of aliphatic carboxylic acids is 1. The first-order valence-corrected chi connectivity index (χ1v) is 8.40. The highest BCUT2D eigenvalue weighted by molar-refractivity contribution is 7.12. The van der Waals surface area contributed by atoms with Crippen molar-refractivity contribution in [3.05, 3.63) is 44.9 Å². The molecule has 116 valence electrons. The highest BCUT2D eigenvalue weighted by atomic mass is 32.1. The summed E-state index contributed by atoms with van der Waals surface area (Å²) in [5, 5.41) is 11.4. The molecule has 3 heterocycles. The van der Waals surface area contributed by atoms with Crippen molar-refractivity contribution in [3.63, 3.8) is 0 Å². The Bertz CT molecular complexity index is 741. The Morgan fingerprint density at radius 2 is 2.05 bits per heavy atom. The molecule has 0 radical (unpaired) electrons. The zero-order valence-electron chi connectivity index (χ0n) is 12.8. The molecule has 1 N–H and O–H groups in total. The molecule has 0 saturated heterocycles. The van der Waals surface area contributed by atoms with Gasteiger partial charge in [-0.05, 0) is 55.3 Å². The quantitative estimate of drug-likeness (QED) is 0.877. The van der Waals surface area contributed by atoms with Crippen LogP contribution < -0.4 is 0 Å². The van der Waals surface area contributed by atoms with Gasteiger partial charge in [0.2, 0.25) is 5.78 Å². The van der Waals surface area contributed by atoms with E-state index in [4.69, 9.17) is 0 Å². The molecular weight excluding hydrogens is 298 g/mol. The van der Waals surface area contributed by atoms with Crippen LogP contribution in [0.25, 0.3) is 0 Å². The zero-order valence-corrected chi connectivity index (χ0v) is 13.6. The van der Waals surface area contributed by atoms with E-state index in [0.29, 0.717) is 12.1 Å². The molecule has 0 saturated carbocycles. The van der Waals surface area contributed by atoms with E-state index in [2.05, 4.69) is 0 Å². The summed E-state index contributed by atoms with van der Waals surface area (Å²) in [5.41, 5.74) is 3.29. The van der Waals surface area contributed by atoms with Crippen molar-refractivity contribution in [1.82, 2.24) is 4.57 Å². The number of aryl methyl sites for hydroxylation is 2. The molecule has 1 atom stereocenters. The molecule has 0 aromatic carbocycles. The normalized spacial score (nSPS) is 17.8. The van der Waals surface area contributed by atoms with E-state index in [1.165, 1.54) is 11.3 Å². The van der Waals surface area contributed by atoms with Gasteiger partial charge < -0.3 is 9.67 Å². The number of rotatable bonds is 3. The largest absolute Gasteiger partial charge is 0.481 e. The molecule has 0 aliphatic carbocycles. The van der Waals surface area contributed by atoms with Gasteiger partial charge in [0.25, 0.3) is 0 Å². The number of carboxylic acids is 1. The second kappa shape index (κ2) is 5.72. The van der Waals surface area contributed by atoms with Crippen LogP contribution in [0.3, 0.4) is 0 Å². The summed E-state index contributed by atoms with van der Waals surface area (Å²) in [4.78, 5) is 25.2. The Hall–Kier alpha value is -1.88. The molecule has 4 nitrogen and oxygen atoms in total. The molecular formula is C17H19NO3S. The average molecular weight is 317 g/mol. The third-order valence-electron chi connectivity index (χ3n) is 4.38. The van der Waals surface area contributed by atoms with Crippen LogP contribution in [0.4, 0.5) is 0 Å². The SMILES string of the molecule is Cc1ccsc1C(=O)c1c(C)cc2n1CCCCC2C(=O)O. The molecule has 2 aromatic rings. The van der Waals surface area contributed by atoms with Gasteiger partial charge in [-0.25, -0.2) is 0 Å². The number of carbonyl (C=O) groups is 2. The lowest BCUT2D eigenvalue weighted by Crippen LogP contribution is -2.17. The van der Waals surface area contributed by atoms with E-state index in [0.717, 1.165) is 41.1 Å². The molecule has 0 bridgehead atoms.